The van der Waals surface area contributed by atoms with Crippen molar-refractivity contribution in [2.24, 2.45) is 5.73 Å². The Kier molecular flexibility index (Phi) is 9.80. The van der Waals surface area contributed by atoms with Gasteiger partial charge in [0.25, 0.3) is 0 Å². The van der Waals surface area contributed by atoms with Crippen LogP contribution < -0.4 is 16.4 Å². The van der Waals surface area contributed by atoms with Crippen LogP contribution in [0.3, 0.4) is 0 Å². The van der Waals surface area contributed by atoms with Crippen molar-refractivity contribution >= 4 is 29.7 Å². The van der Waals surface area contributed by atoms with E-state index in [1.165, 1.54) is 9.80 Å². The number of nitrogens with two attached hydrogens (primary N) is 1. The van der Waals surface area contributed by atoms with Crippen molar-refractivity contribution in [1.29, 1.82) is 0 Å². The minimum Gasteiger partial charge on any atom is -0.445 e. The maximum absolute atomic E-state index is 13.4. The normalized spacial score (nSPS) is 20.7. The molecule has 0 bridgehead atoms. The largest absolute Gasteiger partial charge is 0.445 e. The standard InChI is InChI=1S/C24H33N5O8/c25-20(32)16(12-30)26-21(33)18-8-4-10-28(18)23(35)19-9-5-11-29(19)22(34)17(13-31)27-24(36)37-14-15-6-2-1-3-7-15/h1-3,6-7,16-19,30-31H,4-5,8-14H2,(H2,25,32)(H,26,33)(H,27,36)/t16-,17-,18-,19-/m0/s1. The van der Waals surface area contributed by atoms with Crippen LogP contribution in [0.5, 0.6) is 0 Å². The molecule has 0 radical (unpaired) electrons. The van der Waals surface area contributed by atoms with Gasteiger partial charge in [0.15, 0.2) is 0 Å². The molecule has 1 aromatic rings. The third kappa shape index (κ3) is 6.95. The molecule has 0 spiro atoms. The third-order valence-electron chi connectivity index (χ3n) is 6.49. The molecule has 5 amide bonds. The summed E-state index contributed by atoms with van der Waals surface area (Å²) in [4.78, 5) is 65.5. The van der Waals surface area contributed by atoms with Crippen LogP contribution in [0.2, 0.25) is 0 Å². The topological polar surface area (TPSA) is 192 Å². The summed E-state index contributed by atoms with van der Waals surface area (Å²) in [6, 6.07) is 4.61. The monoisotopic (exact) mass is 519 g/mol. The lowest BCUT2D eigenvalue weighted by Gasteiger charge is -2.32. The Balaban J connectivity index is 1.61. The van der Waals surface area contributed by atoms with Gasteiger partial charge in [0.2, 0.25) is 23.6 Å². The van der Waals surface area contributed by atoms with Crippen molar-refractivity contribution in [3.05, 3.63) is 35.9 Å². The van der Waals surface area contributed by atoms with E-state index in [-0.39, 0.29) is 19.7 Å². The molecule has 2 heterocycles. The number of benzene rings is 1. The number of amides is 5. The van der Waals surface area contributed by atoms with Crippen LogP contribution in [0.1, 0.15) is 31.2 Å². The zero-order chi connectivity index (χ0) is 26.9. The van der Waals surface area contributed by atoms with E-state index in [1.54, 1.807) is 24.3 Å². The summed E-state index contributed by atoms with van der Waals surface area (Å²) < 4.78 is 5.12. The molecule has 0 saturated carbocycles. The SMILES string of the molecule is NC(=O)[C@H](CO)NC(=O)[C@@H]1CCCN1C(=O)[C@@H]1CCCN1C(=O)[C@H](CO)NC(=O)OCc1ccccc1. The van der Waals surface area contributed by atoms with Crippen LogP contribution in [-0.2, 0) is 30.5 Å². The fraction of sp³-hybridized carbons (Fsp3) is 0.542. The van der Waals surface area contributed by atoms with Crippen molar-refractivity contribution in [2.75, 3.05) is 26.3 Å². The number of hydrogen-bond acceptors (Lipinski definition) is 8. The zero-order valence-corrected chi connectivity index (χ0v) is 20.4. The number of rotatable bonds is 10. The number of nitrogens with zero attached hydrogens (tertiary/aromatic N) is 2. The Hall–Kier alpha value is -3.71. The maximum atomic E-state index is 13.4. The molecular formula is C24H33N5O8. The summed E-state index contributed by atoms with van der Waals surface area (Å²) in [7, 11) is 0. The lowest BCUT2D eigenvalue weighted by Crippen LogP contribution is -2.58. The highest BCUT2D eigenvalue weighted by Crippen LogP contribution is 2.25. The first kappa shape index (κ1) is 27.9. The Morgan fingerprint density at radius 3 is 2.16 bits per heavy atom. The predicted molar refractivity (Wildman–Crippen MR) is 128 cm³/mol. The van der Waals surface area contributed by atoms with Crippen LogP contribution in [-0.4, -0.2) is 100 Å². The van der Waals surface area contributed by atoms with Gasteiger partial charge in [-0.25, -0.2) is 4.79 Å². The van der Waals surface area contributed by atoms with Gasteiger partial charge in [0, 0.05) is 13.1 Å². The molecule has 2 saturated heterocycles. The van der Waals surface area contributed by atoms with E-state index in [0.29, 0.717) is 25.7 Å². The highest BCUT2D eigenvalue weighted by Gasteiger charge is 2.43. The van der Waals surface area contributed by atoms with Crippen LogP contribution in [0, 0.1) is 0 Å². The van der Waals surface area contributed by atoms with E-state index in [2.05, 4.69) is 10.6 Å². The Morgan fingerprint density at radius 1 is 0.919 bits per heavy atom. The van der Waals surface area contributed by atoms with E-state index < -0.39 is 67.1 Å². The van der Waals surface area contributed by atoms with Gasteiger partial charge in [-0.3, -0.25) is 19.2 Å². The molecule has 202 valence electrons. The Bertz CT molecular complexity index is 991. The highest BCUT2D eigenvalue weighted by molar-refractivity contribution is 5.95. The Morgan fingerprint density at radius 2 is 1.54 bits per heavy atom. The lowest BCUT2D eigenvalue weighted by molar-refractivity contribution is -0.148. The lowest BCUT2D eigenvalue weighted by atomic mass is 10.1. The molecule has 0 aliphatic carbocycles. The van der Waals surface area contributed by atoms with Gasteiger partial charge in [0.1, 0.15) is 30.8 Å². The summed E-state index contributed by atoms with van der Waals surface area (Å²) in [6.45, 7) is -0.860. The summed E-state index contributed by atoms with van der Waals surface area (Å²) in [5.41, 5.74) is 5.92. The average Bonchev–Trinajstić information content (AvgIpc) is 3.59. The zero-order valence-electron chi connectivity index (χ0n) is 20.4. The van der Waals surface area contributed by atoms with Gasteiger partial charge in [-0.05, 0) is 31.2 Å². The van der Waals surface area contributed by atoms with Gasteiger partial charge < -0.3 is 41.1 Å². The molecule has 3 rings (SSSR count). The number of nitrogens with one attached hydrogen (secondary N) is 2. The fourth-order valence-corrected chi connectivity index (χ4v) is 4.55. The Labute approximate surface area is 213 Å². The molecule has 2 aliphatic heterocycles. The van der Waals surface area contributed by atoms with Gasteiger partial charge >= 0.3 is 6.09 Å². The second kappa shape index (κ2) is 13.0. The second-order valence-corrected chi connectivity index (χ2v) is 8.97. The first-order valence-corrected chi connectivity index (χ1v) is 12.2. The number of likely N-dealkylation sites (tertiary alicyclic amines) is 2. The summed E-state index contributed by atoms with van der Waals surface area (Å²) in [6.07, 6.45) is 0.884. The number of carbonyl (C=O) groups excluding carboxylic acids is 5. The van der Waals surface area contributed by atoms with Crippen molar-refractivity contribution in [2.45, 2.75) is 56.5 Å². The first-order chi connectivity index (χ1) is 17.8. The molecule has 0 unspecified atom stereocenters. The predicted octanol–water partition coefficient (Wildman–Crippen LogP) is -1.78. The van der Waals surface area contributed by atoms with Gasteiger partial charge in [0.05, 0.1) is 13.2 Å². The number of aliphatic hydroxyl groups is 2. The van der Waals surface area contributed by atoms with Crippen molar-refractivity contribution in [3.8, 4) is 0 Å². The van der Waals surface area contributed by atoms with E-state index in [4.69, 9.17) is 10.5 Å². The number of aliphatic hydroxyl groups excluding tert-OH is 2. The number of ether oxygens (including phenoxy) is 1. The van der Waals surface area contributed by atoms with Gasteiger partial charge in [-0.2, -0.15) is 0 Å². The number of carbonyl (C=O) groups is 5. The van der Waals surface area contributed by atoms with E-state index >= 15 is 0 Å². The van der Waals surface area contributed by atoms with E-state index in [0.717, 1.165) is 5.56 Å². The minimum atomic E-state index is -1.31. The molecule has 6 N–H and O–H groups in total. The number of primary amides is 1. The summed E-state index contributed by atoms with van der Waals surface area (Å²) in [5.74, 6) is -2.59. The average molecular weight is 520 g/mol. The quantitative estimate of drug-likeness (QED) is 0.239. The first-order valence-electron chi connectivity index (χ1n) is 12.2. The molecule has 0 aromatic heterocycles. The van der Waals surface area contributed by atoms with Gasteiger partial charge in [-0.15, -0.1) is 0 Å². The second-order valence-electron chi connectivity index (χ2n) is 8.97. The van der Waals surface area contributed by atoms with Crippen LogP contribution in [0.25, 0.3) is 0 Å². The van der Waals surface area contributed by atoms with Crippen molar-refractivity contribution < 1.29 is 38.9 Å². The van der Waals surface area contributed by atoms with E-state index in [9.17, 15) is 34.2 Å². The van der Waals surface area contributed by atoms with Crippen molar-refractivity contribution in [1.82, 2.24) is 20.4 Å². The maximum Gasteiger partial charge on any atom is 0.408 e. The highest BCUT2D eigenvalue weighted by atomic mass is 16.5. The molecular weight excluding hydrogens is 486 g/mol. The number of hydrogen-bond donors (Lipinski definition) is 5. The van der Waals surface area contributed by atoms with Crippen LogP contribution in [0.15, 0.2) is 30.3 Å². The molecule has 4 atom stereocenters. The third-order valence-corrected chi connectivity index (χ3v) is 6.49. The van der Waals surface area contributed by atoms with Crippen molar-refractivity contribution in [3.63, 3.8) is 0 Å². The molecule has 13 nitrogen and oxygen atoms in total. The molecule has 2 aliphatic rings. The summed E-state index contributed by atoms with van der Waals surface area (Å²) in [5, 5.41) is 23.7. The molecule has 2 fully saturated rings. The summed E-state index contributed by atoms with van der Waals surface area (Å²) >= 11 is 0. The smallest absolute Gasteiger partial charge is 0.408 e. The van der Waals surface area contributed by atoms with Crippen LogP contribution >= 0.6 is 0 Å². The minimum absolute atomic E-state index is 0.0187. The number of alkyl carbamates (subject to hydrolysis) is 1. The van der Waals surface area contributed by atoms with E-state index in [1.807, 2.05) is 6.07 Å². The molecule has 37 heavy (non-hydrogen) atoms. The van der Waals surface area contributed by atoms with Crippen LogP contribution in [0.4, 0.5) is 4.79 Å². The van der Waals surface area contributed by atoms with Gasteiger partial charge in [-0.1, -0.05) is 30.3 Å². The molecule has 1 aromatic carbocycles. The molecule has 13 heteroatoms. The fourth-order valence-electron chi connectivity index (χ4n) is 4.55.